The molecule has 3 heteroatoms. The number of nitriles is 1. The van der Waals surface area contributed by atoms with Crippen molar-refractivity contribution in [2.75, 3.05) is 0 Å². The zero-order valence-corrected chi connectivity index (χ0v) is 10.8. The summed E-state index contributed by atoms with van der Waals surface area (Å²) in [5.41, 5.74) is 2.33. The second-order valence-electron chi connectivity index (χ2n) is 4.84. The summed E-state index contributed by atoms with van der Waals surface area (Å²) >= 11 is 0. The van der Waals surface area contributed by atoms with Gasteiger partial charge in [0.2, 0.25) is 0 Å². The van der Waals surface area contributed by atoms with Crippen LogP contribution in [0.2, 0.25) is 0 Å². The number of allylic oxidation sites excluding steroid dienone is 2. The van der Waals surface area contributed by atoms with Crippen molar-refractivity contribution in [2.24, 2.45) is 0 Å². The van der Waals surface area contributed by atoms with Crippen LogP contribution < -0.4 is 5.56 Å². The van der Waals surface area contributed by atoms with Crippen molar-refractivity contribution in [1.82, 2.24) is 4.57 Å². The highest BCUT2D eigenvalue weighted by atomic mass is 16.1. The minimum Gasteiger partial charge on any atom is -0.314 e. The fourth-order valence-corrected chi connectivity index (χ4v) is 2.37. The van der Waals surface area contributed by atoms with E-state index in [2.05, 4.69) is 6.08 Å². The Morgan fingerprint density at radius 2 is 2.28 bits per heavy atom. The number of aryl methyl sites for hydroxylation is 2. The van der Waals surface area contributed by atoms with Crippen molar-refractivity contribution in [1.29, 1.82) is 5.26 Å². The van der Waals surface area contributed by atoms with E-state index in [-0.39, 0.29) is 11.1 Å². The largest absolute Gasteiger partial charge is 0.314 e. The molecule has 3 nitrogen and oxygen atoms in total. The molecule has 0 spiro atoms. The number of aromatic nitrogens is 1. The first-order valence-electron chi connectivity index (χ1n) is 6.50. The first-order chi connectivity index (χ1) is 8.72. The molecular formula is C15H18N2O. The van der Waals surface area contributed by atoms with Gasteiger partial charge in [-0.15, -0.1) is 0 Å². The molecule has 1 aliphatic rings. The Bertz CT molecular complexity index is 561. The minimum absolute atomic E-state index is 0.158. The van der Waals surface area contributed by atoms with Crippen LogP contribution in [0.5, 0.6) is 0 Å². The number of hydrogen-bond acceptors (Lipinski definition) is 2. The summed E-state index contributed by atoms with van der Waals surface area (Å²) in [6.45, 7) is 2.48. The molecule has 0 aliphatic heterocycles. The van der Waals surface area contributed by atoms with E-state index in [4.69, 9.17) is 5.26 Å². The third-order valence-corrected chi connectivity index (χ3v) is 3.54. The highest BCUT2D eigenvalue weighted by Gasteiger charge is 2.08. The molecule has 1 aromatic rings. The van der Waals surface area contributed by atoms with Crippen LogP contribution in [0.1, 0.15) is 43.2 Å². The van der Waals surface area contributed by atoms with E-state index in [0.717, 1.165) is 18.4 Å². The summed E-state index contributed by atoms with van der Waals surface area (Å²) in [6, 6.07) is 3.84. The van der Waals surface area contributed by atoms with Gasteiger partial charge < -0.3 is 4.57 Å². The predicted octanol–water partition coefficient (Wildman–Crippen LogP) is 2.92. The van der Waals surface area contributed by atoms with Crippen LogP contribution in [0.4, 0.5) is 0 Å². The van der Waals surface area contributed by atoms with E-state index < -0.39 is 0 Å². The molecule has 0 fully saturated rings. The maximum absolute atomic E-state index is 12.0. The summed E-state index contributed by atoms with van der Waals surface area (Å²) in [4.78, 5) is 12.0. The van der Waals surface area contributed by atoms with Crippen LogP contribution in [-0.2, 0) is 6.54 Å². The molecule has 1 aromatic heterocycles. The predicted molar refractivity (Wildman–Crippen MR) is 71.3 cm³/mol. The molecule has 0 aromatic carbocycles. The fourth-order valence-electron chi connectivity index (χ4n) is 2.37. The van der Waals surface area contributed by atoms with E-state index in [1.807, 2.05) is 12.1 Å². The number of rotatable bonds is 3. The molecule has 0 atom stereocenters. The maximum Gasteiger partial charge on any atom is 0.268 e. The molecule has 2 rings (SSSR count). The Kier molecular flexibility index (Phi) is 3.99. The van der Waals surface area contributed by atoms with Gasteiger partial charge in [0.15, 0.2) is 0 Å². The summed E-state index contributed by atoms with van der Waals surface area (Å²) in [5.74, 6) is 0. The lowest BCUT2D eigenvalue weighted by atomic mass is 9.97. The SMILES string of the molecule is Cc1ccn(CCC2=CCCCC2)c(=O)c1C#N. The van der Waals surface area contributed by atoms with E-state index in [1.165, 1.54) is 24.8 Å². The third kappa shape index (κ3) is 2.70. The van der Waals surface area contributed by atoms with Crippen LogP contribution in [0.15, 0.2) is 28.7 Å². The smallest absolute Gasteiger partial charge is 0.268 e. The molecule has 0 unspecified atom stereocenters. The van der Waals surface area contributed by atoms with Gasteiger partial charge in [-0.2, -0.15) is 5.26 Å². The van der Waals surface area contributed by atoms with E-state index >= 15 is 0 Å². The quantitative estimate of drug-likeness (QED) is 0.765. The lowest BCUT2D eigenvalue weighted by molar-refractivity contribution is 0.612. The van der Waals surface area contributed by atoms with E-state index in [0.29, 0.717) is 6.54 Å². The third-order valence-electron chi connectivity index (χ3n) is 3.54. The van der Waals surface area contributed by atoms with E-state index in [1.54, 1.807) is 17.7 Å². The molecule has 1 heterocycles. The van der Waals surface area contributed by atoms with Gasteiger partial charge in [0.25, 0.3) is 5.56 Å². The summed E-state index contributed by atoms with van der Waals surface area (Å²) in [7, 11) is 0. The average Bonchev–Trinajstić information content (AvgIpc) is 2.40. The highest BCUT2D eigenvalue weighted by Crippen LogP contribution is 2.20. The van der Waals surface area contributed by atoms with Crippen molar-refractivity contribution in [3.63, 3.8) is 0 Å². The molecule has 18 heavy (non-hydrogen) atoms. The average molecular weight is 242 g/mol. The summed E-state index contributed by atoms with van der Waals surface area (Å²) < 4.78 is 1.65. The van der Waals surface area contributed by atoms with Gasteiger partial charge in [-0.05, 0) is 50.7 Å². The fraction of sp³-hybridized carbons (Fsp3) is 0.467. The number of hydrogen-bond donors (Lipinski definition) is 0. The van der Waals surface area contributed by atoms with Gasteiger partial charge in [0, 0.05) is 12.7 Å². The molecule has 94 valence electrons. The standard InChI is InChI=1S/C15H18N2O/c1-12-7-9-17(15(18)14(12)11-16)10-8-13-5-3-2-4-6-13/h5,7,9H,2-4,6,8,10H2,1H3. The highest BCUT2D eigenvalue weighted by molar-refractivity contribution is 5.33. The van der Waals surface area contributed by atoms with Gasteiger partial charge in [-0.3, -0.25) is 4.79 Å². The Labute approximate surface area is 107 Å². The second kappa shape index (κ2) is 5.68. The molecule has 0 saturated carbocycles. The van der Waals surface area contributed by atoms with Gasteiger partial charge in [0.05, 0.1) is 0 Å². The summed E-state index contributed by atoms with van der Waals surface area (Å²) in [5, 5.41) is 8.97. The molecule has 0 amide bonds. The molecule has 0 saturated heterocycles. The zero-order valence-electron chi connectivity index (χ0n) is 10.8. The first-order valence-corrected chi connectivity index (χ1v) is 6.50. The maximum atomic E-state index is 12.0. The number of pyridine rings is 1. The van der Waals surface area contributed by atoms with Crippen molar-refractivity contribution < 1.29 is 0 Å². The van der Waals surface area contributed by atoms with Gasteiger partial charge >= 0.3 is 0 Å². The molecule has 0 bridgehead atoms. The first kappa shape index (κ1) is 12.6. The van der Waals surface area contributed by atoms with Crippen LogP contribution in [0.25, 0.3) is 0 Å². The van der Waals surface area contributed by atoms with Crippen LogP contribution in [0, 0.1) is 18.3 Å². The summed E-state index contributed by atoms with van der Waals surface area (Å²) in [6.07, 6.45) is 9.89. The number of nitrogens with zero attached hydrogens (tertiary/aromatic N) is 2. The van der Waals surface area contributed by atoms with Crippen molar-refractivity contribution in [2.45, 2.75) is 45.6 Å². The topological polar surface area (TPSA) is 45.8 Å². The van der Waals surface area contributed by atoms with Crippen molar-refractivity contribution >= 4 is 0 Å². The second-order valence-corrected chi connectivity index (χ2v) is 4.84. The van der Waals surface area contributed by atoms with Gasteiger partial charge in [0.1, 0.15) is 11.6 Å². The van der Waals surface area contributed by atoms with Gasteiger partial charge in [-0.25, -0.2) is 0 Å². The zero-order chi connectivity index (χ0) is 13.0. The molecule has 0 N–H and O–H groups in total. The lowest BCUT2D eigenvalue weighted by Crippen LogP contribution is -2.23. The van der Waals surface area contributed by atoms with E-state index in [9.17, 15) is 4.79 Å². The molecule has 0 radical (unpaired) electrons. The van der Waals surface area contributed by atoms with Crippen molar-refractivity contribution in [3.05, 3.63) is 45.4 Å². The monoisotopic (exact) mass is 242 g/mol. The van der Waals surface area contributed by atoms with Crippen LogP contribution in [-0.4, -0.2) is 4.57 Å². The minimum atomic E-state index is -0.158. The Hall–Kier alpha value is -1.82. The molecule has 1 aliphatic carbocycles. The Balaban J connectivity index is 2.13. The van der Waals surface area contributed by atoms with Crippen LogP contribution >= 0.6 is 0 Å². The normalized spacial score (nSPS) is 15.0. The molecular weight excluding hydrogens is 224 g/mol. The Morgan fingerprint density at radius 3 is 2.94 bits per heavy atom. The Morgan fingerprint density at radius 1 is 1.44 bits per heavy atom. The van der Waals surface area contributed by atoms with Gasteiger partial charge in [-0.1, -0.05) is 11.6 Å². The van der Waals surface area contributed by atoms with Crippen molar-refractivity contribution in [3.8, 4) is 6.07 Å². The van der Waals surface area contributed by atoms with Crippen LogP contribution in [0.3, 0.4) is 0 Å². The lowest BCUT2D eigenvalue weighted by Gasteiger charge is -2.13.